The lowest BCUT2D eigenvalue weighted by Gasteiger charge is -2.10. The van der Waals surface area contributed by atoms with Crippen molar-refractivity contribution in [3.05, 3.63) is 52.0 Å². The molecule has 4 nitrogen and oxygen atoms in total. The van der Waals surface area contributed by atoms with Gasteiger partial charge in [-0.1, -0.05) is 0 Å². The van der Waals surface area contributed by atoms with E-state index in [0.717, 1.165) is 12.1 Å². The quantitative estimate of drug-likeness (QED) is 0.826. The molecule has 2 aromatic carbocycles. The SMILES string of the molecule is COc1ccc(Br)c(NC(=O)c2cc(F)c(N)c(F)c2)c1. The Morgan fingerprint density at radius 1 is 1.24 bits per heavy atom. The summed E-state index contributed by atoms with van der Waals surface area (Å²) in [6, 6.07) is 6.70. The van der Waals surface area contributed by atoms with Crippen molar-refractivity contribution in [3.8, 4) is 5.75 Å². The first-order chi connectivity index (χ1) is 9.92. The summed E-state index contributed by atoms with van der Waals surface area (Å²) < 4.78 is 32.4. The standard InChI is InChI=1S/C14H11BrF2N2O2/c1-21-8-2-3-9(15)12(6-8)19-14(20)7-4-10(16)13(18)11(17)5-7/h2-6H,18H2,1H3,(H,19,20). The highest BCUT2D eigenvalue weighted by atomic mass is 79.9. The van der Waals surface area contributed by atoms with E-state index in [4.69, 9.17) is 10.5 Å². The van der Waals surface area contributed by atoms with E-state index in [0.29, 0.717) is 15.9 Å². The van der Waals surface area contributed by atoms with Crippen LogP contribution in [0.15, 0.2) is 34.8 Å². The van der Waals surface area contributed by atoms with Gasteiger partial charge >= 0.3 is 0 Å². The number of methoxy groups -OCH3 is 1. The van der Waals surface area contributed by atoms with Crippen molar-refractivity contribution < 1.29 is 18.3 Å². The van der Waals surface area contributed by atoms with Crippen LogP contribution in [0.25, 0.3) is 0 Å². The third-order valence-corrected chi connectivity index (χ3v) is 3.45. The van der Waals surface area contributed by atoms with E-state index in [-0.39, 0.29) is 5.56 Å². The number of ether oxygens (including phenoxy) is 1. The maximum absolute atomic E-state index is 13.4. The average Bonchev–Trinajstić information content (AvgIpc) is 2.46. The number of halogens is 3. The van der Waals surface area contributed by atoms with Gasteiger partial charge in [0.25, 0.3) is 5.91 Å². The summed E-state index contributed by atoms with van der Waals surface area (Å²) in [5, 5.41) is 2.54. The zero-order chi connectivity index (χ0) is 15.6. The van der Waals surface area contributed by atoms with Gasteiger partial charge in [0.1, 0.15) is 23.1 Å². The number of carbonyl (C=O) groups is 1. The molecule has 0 unspecified atom stereocenters. The largest absolute Gasteiger partial charge is 0.497 e. The van der Waals surface area contributed by atoms with Crippen LogP contribution in [0.3, 0.4) is 0 Å². The number of hydrogen-bond donors (Lipinski definition) is 2. The van der Waals surface area contributed by atoms with Crippen LogP contribution in [0.1, 0.15) is 10.4 Å². The molecule has 0 aliphatic rings. The Labute approximate surface area is 128 Å². The topological polar surface area (TPSA) is 64.3 Å². The lowest BCUT2D eigenvalue weighted by Crippen LogP contribution is -2.13. The molecule has 0 atom stereocenters. The van der Waals surface area contributed by atoms with Crippen molar-refractivity contribution in [3.63, 3.8) is 0 Å². The van der Waals surface area contributed by atoms with Gasteiger partial charge in [-0.25, -0.2) is 8.78 Å². The van der Waals surface area contributed by atoms with Crippen molar-refractivity contribution in [2.45, 2.75) is 0 Å². The Morgan fingerprint density at radius 2 is 1.86 bits per heavy atom. The number of rotatable bonds is 3. The van der Waals surface area contributed by atoms with Crippen LogP contribution >= 0.6 is 15.9 Å². The summed E-state index contributed by atoms with van der Waals surface area (Å²) >= 11 is 3.26. The normalized spacial score (nSPS) is 10.3. The van der Waals surface area contributed by atoms with E-state index >= 15 is 0 Å². The summed E-state index contributed by atoms with van der Waals surface area (Å²) in [7, 11) is 1.49. The molecule has 110 valence electrons. The van der Waals surface area contributed by atoms with Gasteiger partial charge < -0.3 is 15.8 Å². The number of amides is 1. The van der Waals surface area contributed by atoms with Crippen molar-refractivity contribution in [1.82, 2.24) is 0 Å². The predicted molar refractivity (Wildman–Crippen MR) is 79.4 cm³/mol. The third-order valence-electron chi connectivity index (χ3n) is 2.76. The lowest BCUT2D eigenvalue weighted by molar-refractivity contribution is 0.102. The second-order valence-corrected chi connectivity index (χ2v) is 5.01. The van der Waals surface area contributed by atoms with E-state index in [9.17, 15) is 13.6 Å². The highest BCUT2D eigenvalue weighted by Gasteiger charge is 2.14. The van der Waals surface area contributed by atoms with Gasteiger partial charge in [-0.2, -0.15) is 0 Å². The molecule has 0 aromatic heterocycles. The number of carbonyl (C=O) groups excluding carboxylic acids is 1. The molecule has 0 saturated carbocycles. The Kier molecular flexibility index (Phi) is 4.42. The smallest absolute Gasteiger partial charge is 0.255 e. The second-order valence-electron chi connectivity index (χ2n) is 4.15. The monoisotopic (exact) mass is 356 g/mol. The van der Waals surface area contributed by atoms with Crippen LogP contribution in [0.4, 0.5) is 20.2 Å². The van der Waals surface area contributed by atoms with Crippen LogP contribution in [-0.4, -0.2) is 13.0 Å². The van der Waals surface area contributed by atoms with E-state index in [2.05, 4.69) is 21.2 Å². The van der Waals surface area contributed by atoms with Crippen LogP contribution in [-0.2, 0) is 0 Å². The first-order valence-corrected chi connectivity index (χ1v) is 6.61. The summed E-state index contributed by atoms with van der Waals surface area (Å²) in [6.07, 6.45) is 0. The number of benzene rings is 2. The summed E-state index contributed by atoms with van der Waals surface area (Å²) in [4.78, 5) is 12.0. The number of nitrogen functional groups attached to an aromatic ring is 1. The highest BCUT2D eigenvalue weighted by Crippen LogP contribution is 2.28. The number of anilines is 2. The maximum atomic E-state index is 13.4. The Hall–Kier alpha value is -2.15. The van der Waals surface area contributed by atoms with Crippen molar-refractivity contribution in [1.29, 1.82) is 0 Å². The fourth-order valence-corrected chi connectivity index (χ4v) is 1.98. The molecule has 3 N–H and O–H groups in total. The van der Waals surface area contributed by atoms with E-state index < -0.39 is 23.2 Å². The molecule has 0 radical (unpaired) electrons. The molecule has 0 aliphatic carbocycles. The van der Waals surface area contributed by atoms with Crippen molar-refractivity contribution in [2.24, 2.45) is 0 Å². The van der Waals surface area contributed by atoms with Gasteiger partial charge in [0.15, 0.2) is 0 Å². The number of nitrogens with two attached hydrogens (primary N) is 1. The molecule has 0 fully saturated rings. The minimum absolute atomic E-state index is 0.172. The van der Waals surface area contributed by atoms with Gasteiger partial charge in [-0.05, 0) is 40.2 Å². The van der Waals surface area contributed by atoms with Gasteiger partial charge in [0, 0.05) is 16.1 Å². The molecule has 1 amide bonds. The van der Waals surface area contributed by atoms with Gasteiger partial charge in [0.05, 0.1) is 12.8 Å². The minimum Gasteiger partial charge on any atom is -0.497 e. The maximum Gasteiger partial charge on any atom is 0.255 e. The van der Waals surface area contributed by atoms with E-state index in [1.54, 1.807) is 18.2 Å². The number of hydrogen-bond acceptors (Lipinski definition) is 3. The van der Waals surface area contributed by atoms with E-state index in [1.807, 2.05) is 0 Å². The van der Waals surface area contributed by atoms with Gasteiger partial charge in [-0.15, -0.1) is 0 Å². The zero-order valence-electron chi connectivity index (χ0n) is 10.9. The van der Waals surface area contributed by atoms with Crippen molar-refractivity contribution in [2.75, 3.05) is 18.2 Å². The Bertz CT molecular complexity index is 684. The molecular formula is C14H11BrF2N2O2. The Balaban J connectivity index is 2.30. The molecule has 0 bridgehead atoms. The molecular weight excluding hydrogens is 346 g/mol. The third kappa shape index (κ3) is 3.30. The molecule has 2 aromatic rings. The van der Waals surface area contributed by atoms with Crippen LogP contribution in [0, 0.1) is 11.6 Å². The van der Waals surface area contributed by atoms with Crippen molar-refractivity contribution >= 4 is 33.2 Å². The highest BCUT2D eigenvalue weighted by molar-refractivity contribution is 9.10. The molecule has 21 heavy (non-hydrogen) atoms. The summed E-state index contributed by atoms with van der Waals surface area (Å²) in [5.41, 5.74) is 4.78. The molecule has 0 heterocycles. The molecule has 7 heteroatoms. The first kappa shape index (κ1) is 15.2. The molecule has 0 aliphatic heterocycles. The second kappa shape index (κ2) is 6.09. The fourth-order valence-electron chi connectivity index (χ4n) is 1.64. The number of nitrogens with one attached hydrogen (secondary N) is 1. The fraction of sp³-hybridized carbons (Fsp3) is 0.0714. The first-order valence-electron chi connectivity index (χ1n) is 5.81. The average molecular weight is 357 g/mol. The van der Waals surface area contributed by atoms with Gasteiger partial charge in [-0.3, -0.25) is 4.79 Å². The zero-order valence-corrected chi connectivity index (χ0v) is 12.5. The lowest BCUT2D eigenvalue weighted by atomic mass is 10.1. The Morgan fingerprint density at radius 3 is 2.43 bits per heavy atom. The summed E-state index contributed by atoms with van der Waals surface area (Å²) in [6.45, 7) is 0. The van der Waals surface area contributed by atoms with Gasteiger partial charge in [0.2, 0.25) is 0 Å². The predicted octanol–water partition coefficient (Wildman–Crippen LogP) is 3.57. The van der Waals surface area contributed by atoms with Crippen LogP contribution < -0.4 is 15.8 Å². The molecule has 0 saturated heterocycles. The molecule has 0 spiro atoms. The van der Waals surface area contributed by atoms with Crippen LogP contribution in [0.2, 0.25) is 0 Å². The molecule has 2 rings (SSSR count). The minimum atomic E-state index is -0.982. The summed E-state index contributed by atoms with van der Waals surface area (Å²) in [5.74, 6) is -2.10. The van der Waals surface area contributed by atoms with E-state index in [1.165, 1.54) is 7.11 Å². The van der Waals surface area contributed by atoms with Crippen LogP contribution in [0.5, 0.6) is 5.75 Å².